The zero-order valence-electron chi connectivity index (χ0n) is 10.7. The number of imidazole rings is 1. The molecule has 0 unspecified atom stereocenters. The summed E-state index contributed by atoms with van der Waals surface area (Å²) in [5.74, 6) is 1.56. The maximum absolute atomic E-state index is 6.15. The number of aryl methyl sites for hydroxylation is 1. The van der Waals surface area contributed by atoms with Crippen LogP contribution >= 0.6 is 11.6 Å². The van der Waals surface area contributed by atoms with E-state index in [4.69, 9.17) is 16.3 Å². The average Bonchev–Trinajstić information content (AvgIpc) is 2.84. The Kier molecular flexibility index (Phi) is 2.91. The van der Waals surface area contributed by atoms with E-state index in [9.17, 15) is 0 Å². The van der Waals surface area contributed by atoms with Gasteiger partial charge in [0.1, 0.15) is 17.1 Å². The zero-order valence-corrected chi connectivity index (χ0v) is 11.5. The first-order valence-electron chi connectivity index (χ1n) is 5.98. The van der Waals surface area contributed by atoms with Crippen molar-refractivity contribution in [3.63, 3.8) is 0 Å². The van der Waals surface area contributed by atoms with Gasteiger partial charge in [-0.05, 0) is 31.2 Å². The lowest BCUT2D eigenvalue weighted by Crippen LogP contribution is -1.90. The minimum Gasteiger partial charge on any atom is -0.496 e. The highest BCUT2D eigenvalue weighted by Crippen LogP contribution is 2.31. The summed E-state index contributed by atoms with van der Waals surface area (Å²) in [6, 6.07) is 11.7. The molecule has 3 rings (SSSR count). The molecule has 3 nitrogen and oxygen atoms in total. The highest BCUT2D eigenvalue weighted by Gasteiger charge is 2.12. The zero-order chi connectivity index (χ0) is 13.4. The Morgan fingerprint density at radius 3 is 2.79 bits per heavy atom. The summed E-state index contributed by atoms with van der Waals surface area (Å²) in [4.78, 5) is 7.84. The van der Waals surface area contributed by atoms with Crippen LogP contribution in [0.15, 0.2) is 36.4 Å². The van der Waals surface area contributed by atoms with Crippen molar-refractivity contribution in [2.24, 2.45) is 0 Å². The molecule has 1 N–H and O–H groups in total. The number of aromatic amines is 1. The lowest BCUT2D eigenvalue weighted by Gasteiger charge is -2.06. The fourth-order valence-electron chi connectivity index (χ4n) is 2.13. The maximum atomic E-state index is 6.15. The number of hydrogen-bond donors (Lipinski definition) is 1. The summed E-state index contributed by atoms with van der Waals surface area (Å²) in [5.41, 5.74) is 3.80. The van der Waals surface area contributed by atoms with Gasteiger partial charge in [0.2, 0.25) is 0 Å². The van der Waals surface area contributed by atoms with E-state index < -0.39 is 0 Å². The highest BCUT2D eigenvalue weighted by molar-refractivity contribution is 6.35. The van der Waals surface area contributed by atoms with Crippen molar-refractivity contribution in [1.82, 2.24) is 9.97 Å². The van der Waals surface area contributed by atoms with Crippen LogP contribution in [-0.2, 0) is 0 Å². The van der Waals surface area contributed by atoms with Gasteiger partial charge in [-0.1, -0.05) is 29.3 Å². The second kappa shape index (κ2) is 4.59. The summed E-state index contributed by atoms with van der Waals surface area (Å²) >= 11 is 6.15. The first-order valence-corrected chi connectivity index (χ1v) is 6.36. The van der Waals surface area contributed by atoms with Gasteiger partial charge in [-0.2, -0.15) is 0 Å². The molecule has 0 radical (unpaired) electrons. The monoisotopic (exact) mass is 272 g/mol. The van der Waals surface area contributed by atoms with E-state index in [0.29, 0.717) is 5.02 Å². The number of nitrogens with one attached hydrogen (secondary N) is 1. The van der Waals surface area contributed by atoms with E-state index in [1.165, 1.54) is 0 Å². The van der Waals surface area contributed by atoms with Crippen LogP contribution in [0, 0.1) is 6.92 Å². The summed E-state index contributed by atoms with van der Waals surface area (Å²) in [7, 11) is 1.66. The molecule has 96 valence electrons. The highest BCUT2D eigenvalue weighted by atomic mass is 35.5. The van der Waals surface area contributed by atoms with Crippen LogP contribution in [0.1, 0.15) is 5.56 Å². The Hall–Kier alpha value is -2.00. The van der Waals surface area contributed by atoms with E-state index in [2.05, 4.69) is 9.97 Å². The molecule has 4 heteroatoms. The molecule has 3 aromatic rings. The smallest absolute Gasteiger partial charge is 0.142 e. The number of fused-ring (bicyclic) bond motifs is 1. The molecule has 0 bridgehead atoms. The number of aromatic nitrogens is 2. The number of nitrogens with zero attached hydrogens (tertiary/aromatic N) is 1. The fourth-order valence-corrected chi connectivity index (χ4v) is 2.35. The summed E-state index contributed by atoms with van der Waals surface area (Å²) in [6.07, 6.45) is 0. The van der Waals surface area contributed by atoms with Crippen LogP contribution in [0.3, 0.4) is 0 Å². The van der Waals surface area contributed by atoms with Gasteiger partial charge in [-0.15, -0.1) is 0 Å². The molecule has 0 saturated carbocycles. The van der Waals surface area contributed by atoms with Crippen LogP contribution in [0.25, 0.3) is 22.4 Å². The predicted octanol–water partition coefficient (Wildman–Crippen LogP) is 4.20. The van der Waals surface area contributed by atoms with Gasteiger partial charge in [-0.3, -0.25) is 0 Å². The van der Waals surface area contributed by atoms with Crippen molar-refractivity contribution < 1.29 is 4.74 Å². The van der Waals surface area contributed by atoms with Crippen molar-refractivity contribution in [1.29, 1.82) is 0 Å². The number of methoxy groups -OCH3 is 1. The molecule has 19 heavy (non-hydrogen) atoms. The Morgan fingerprint density at radius 2 is 2.05 bits per heavy atom. The number of rotatable bonds is 2. The van der Waals surface area contributed by atoms with Crippen molar-refractivity contribution in [3.05, 3.63) is 47.0 Å². The lowest BCUT2D eigenvalue weighted by atomic mass is 10.1. The first kappa shape index (κ1) is 12.1. The molecule has 0 saturated heterocycles. The van der Waals surface area contributed by atoms with Gasteiger partial charge in [0.05, 0.1) is 23.2 Å². The van der Waals surface area contributed by atoms with Crippen LogP contribution in [0.4, 0.5) is 0 Å². The Bertz CT molecular complexity index is 749. The Morgan fingerprint density at radius 1 is 1.21 bits per heavy atom. The first-order chi connectivity index (χ1) is 9.19. The number of para-hydroxylation sites is 1. The normalized spacial score (nSPS) is 10.9. The van der Waals surface area contributed by atoms with E-state index in [1.807, 2.05) is 43.3 Å². The average molecular weight is 273 g/mol. The summed E-state index contributed by atoms with van der Waals surface area (Å²) in [5, 5.41) is 0.645. The van der Waals surface area contributed by atoms with Crippen LogP contribution in [0.2, 0.25) is 5.02 Å². The van der Waals surface area contributed by atoms with E-state index in [-0.39, 0.29) is 0 Å². The number of H-pyrrole nitrogens is 1. The van der Waals surface area contributed by atoms with Gasteiger partial charge in [0.25, 0.3) is 0 Å². The van der Waals surface area contributed by atoms with Crippen LogP contribution in [-0.4, -0.2) is 17.1 Å². The van der Waals surface area contributed by atoms with Gasteiger partial charge < -0.3 is 9.72 Å². The van der Waals surface area contributed by atoms with Crippen LogP contribution in [0.5, 0.6) is 5.75 Å². The van der Waals surface area contributed by atoms with Gasteiger partial charge in [-0.25, -0.2) is 4.98 Å². The van der Waals surface area contributed by atoms with Crippen molar-refractivity contribution in [2.45, 2.75) is 6.92 Å². The molecular weight excluding hydrogens is 260 g/mol. The Labute approximate surface area is 116 Å². The molecule has 0 atom stereocenters. The minimum absolute atomic E-state index is 0.645. The van der Waals surface area contributed by atoms with Crippen molar-refractivity contribution in [3.8, 4) is 17.1 Å². The largest absolute Gasteiger partial charge is 0.496 e. The second-order valence-corrected chi connectivity index (χ2v) is 4.83. The molecule has 0 amide bonds. The molecule has 0 aliphatic carbocycles. The minimum atomic E-state index is 0.645. The van der Waals surface area contributed by atoms with Gasteiger partial charge >= 0.3 is 0 Å². The lowest BCUT2D eigenvalue weighted by molar-refractivity contribution is 0.416. The predicted molar refractivity (Wildman–Crippen MR) is 77.8 cm³/mol. The number of benzene rings is 2. The third-order valence-corrected chi connectivity index (χ3v) is 3.38. The van der Waals surface area contributed by atoms with E-state index >= 15 is 0 Å². The van der Waals surface area contributed by atoms with Gasteiger partial charge in [0.15, 0.2) is 0 Å². The topological polar surface area (TPSA) is 37.9 Å². The molecule has 1 heterocycles. The maximum Gasteiger partial charge on any atom is 0.142 e. The number of hydrogen-bond acceptors (Lipinski definition) is 2. The molecular formula is C15H13ClN2O. The molecule has 0 spiro atoms. The van der Waals surface area contributed by atoms with Crippen molar-refractivity contribution in [2.75, 3.05) is 7.11 Å². The second-order valence-electron chi connectivity index (χ2n) is 4.43. The van der Waals surface area contributed by atoms with Crippen LogP contribution < -0.4 is 4.74 Å². The molecule has 0 fully saturated rings. The number of ether oxygens (including phenoxy) is 1. The standard InChI is InChI=1S/C15H13ClN2O/c1-9-6-7-13(19-2)10(8-9)15-17-12-5-3-4-11(16)14(12)18-15/h3-8H,1-2H3,(H,17,18). The quantitative estimate of drug-likeness (QED) is 0.759. The van der Waals surface area contributed by atoms with Crippen molar-refractivity contribution >= 4 is 22.6 Å². The van der Waals surface area contributed by atoms with E-state index in [0.717, 1.165) is 33.7 Å². The summed E-state index contributed by atoms with van der Waals surface area (Å²) < 4.78 is 5.39. The summed E-state index contributed by atoms with van der Waals surface area (Å²) in [6.45, 7) is 2.04. The van der Waals surface area contributed by atoms with Gasteiger partial charge in [0, 0.05) is 0 Å². The Balaban J connectivity index is 2.24. The molecule has 1 aromatic heterocycles. The molecule has 0 aliphatic rings. The molecule has 2 aromatic carbocycles. The SMILES string of the molecule is COc1ccc(C)cc1-c1nc2c(Cl)cccc2[nH]1. The third kappa shape index (κ3) is 2.06. The fraction of sp³-hybridized carbons (Fsp3) is 0.133. The van der Waals surface area contributed by atoms with E-state index in [1.54, 1.807) is 7.11 Å². The third-order valence-electron chi connectivity index (χ3n) is 3.07. The molecule has 0 aliphatic heterocycles. The number of halogens is 1.